The lowest BCUT2D eigenvalue weighted by atomic mass is 9.87. The Morgan fingerprint density at radius 2 is 1.94 bits per heavy atom. The number of hydrogen-bond acceptors (Lipinski definition) is 2. The second kappa shape index (κ2) is 7.62. The first-order chi connectivity index (χ1) is 8.55. The number of ether oxygens (including phenoxy) is 1. The maximum atomic E-state index is 11.9. The normalized spacial score (nSPS) is 16.7. The minimum atomic E-state index is 0.0573. The summed E-state index contributed by atoms with van der Waals surface area (Å²) >= 11 is 0. The number of carbonyl (C=O) groups excluding carboxylic acids is 1. The molecule has 0 spiro atoms. The highest BCUT2D eigenvalue weighted by Crippen LogP contribution is 2.22. The fraction of sp³-hybridized carbons (Fsp3) is 0.929. The molecule has 0 saturated carbocycles. The van der Waals surface area contributed by atoms with Crippen LogP contribution in [0.1, 0.15) is 46.5 Å². The van der Waals surface area contributed by atoms with E-state index in [2.05, 4.69) is 26.1 Å². The number of nitrogens with one attached hydrogen (secondary N) is 1. The van der Waals surface area contributed by atoms with Crippen molar-refractivity contribution in [3.63, 3.8) is 0 Å². The van der Waals surface area contributed by atoms with E-state index in [1.54, 1.807) is 0 Å². The summed E-state index contributed by atoms with van der Waals surface area (Å²) in [6.07, 6.45) is 4.94. The predicted octanol–water partition coefficient (Wildman–Crippen LogP) is 2.63. The lowest BCUT2D eigenvalue weighted by Crippen LogP contribution is -2.48. The van der Waals surface area contributed by atoms with Crippen molar-refractivity contribution in [3.05, 3.63) is 0 Å². The zero-order valence-corrected chi connectivity index (χ0v) is 12.1. The molecular formula is C14H28N2O2. The van der Waals surface area contributed by atoms with Crippen LogP contribution in [-0.2, 0) is 4.74 Å². The molecule has 2 amide bonds. The van der Waals surface area contributed by atoms with Gasteiger partial charge in [-0.2, -0.15) is 0 Å². The monoisotopic (exact) mass is 256 g/mol. The Morgan fingerprint density at radius 3 is 2.56 bits per heavy atom. The number of hydrogen-bond donors (Lipinski definition) is 1. The molecule has 106 valence electrons. The maximum absolute atomic E-state index is 11.9. The largest absolute Gasteiger partial charge is 0.378 e. The summed E-state index contributed by atoms with van der Waals surface area (Å²) in [7, 11) is 0. The molecule has 0 bridgehead atoms. The van der Waals surface area contributed by atoms with Gasteiger partial charge >= 0.3 is 6.03 Å². The number of urea groups is 1. The molecule has 1 heterocycles. The van der Waals surface area contributed by atoms with E-state index in [9.17, 15) is 4.79 Å². The first kappa shape index (κ1) is 15.3. The van der Waals surface area contributed by atoms with Gasteiger partial charge in [0.25, 0.3) is 0 Å². The van der Waals surface area contributed by atoms with Crippen LogP contribution in [0.2, 0.25) is 0 Å². The summed E-state index contributed by atoms with van der Waals surface area (Å²) in [5.74, 6) is 0. The molecule has 0 aromatic heterocycles. The van der Waals surface area contributed by atoms with Crippen molar-refractivity contribution >= 4 is 6.03 Å². The summed E-state index contributed by atoms with van der Waals surface area (Å²) in [6, 6.07) is 0.0573. The smallest absolute Gasteiger partial charge is 0.317 e. The van der Waals surface area contributed by atoms with Crippen LogP contribution in [0.25, 0.3) is 0 Å². The molecule has 18 heavy (non-hydrogen) atoms. The van der Waals surface area contributed by atoms with E-state index in [-0.39, 0.29) is 11.4 Å². The van der Waals surface area contributed by atoms with Crippen molar-refractivity contribution in [2.45, 2.75) is 46.5 Å². The molecule has 0 aliphatic carbocycles. The molecule has 1 fully saturated rings. The van der Waals surface area contributed by atoms with Crippen LogP contribution in [0.5, 0.6) is 0 Å². The summed E-state index contributed by atoms with van der Waals surface area (Å²) in [5.41, 5.74) is 0.192. The van der Waals surface area contributed by atoms with Crippen molar-refractivity contribution in [2.75, 3.05) is 32.8 Å². The average molecular weight is 256 g/mol. The third kappa shape index (κ3) is 5.71. The third-order valence-corrected chi connectivity index (χ3v) is 3.47. The minimum absolute atomic E-state index is 0.0573. The summed E-state index contributed by atoms with van der Waals surface area (Å²) in [6.45, 7) is 10.2. The van der Waals surface area contributed by atoms with Gasteiger partial charge in [0.2, 0.25) is 0 Å². The average Bonchev–Trinajstić information content (AvgIpc) is 2.37. The first-order valence-electron chi connectivity index (χ1n) is 7.16. The van der Waals surface area contributed by atoms with E-state index in [0.29, 0.717) is 26.3 Å². The predicted molar refractivity (Wildman–Crippen MR) is 73.7 cm³/mol. The van der Waals surface area contributed by atoms with Gasteiger partial charge in [-0.25, -0.2) is 4.79 Å². The van der Waals surface area contributed by atoms with Crippen LogP contribution in [0.4, 0.5) is 4.79 Å². The van der Waals surface area contributed by atoms with Gasteiger partial charge in [-0.15, -0.1) is 0 Å². The van der Waals surface area contributed by atoms with Gasteiger partial charge in [0.1, 0.15) is 0 Å². The Kier molecular flexibility index (Phi) is 6.47. The van der Waals surface area contributed by atoms with Crippen LogP contribution < -0.4 is 5.32 Å². The fourth-order valence-electron chi connectivity index (χ4n) is 2.14. The minimum Gasteiger partial charge on any atom is -0.378 e. The zero-order valence-electron chi connectivity index (χ0n) is 12.1. The van der Waals surface area contributed by atoms with Gasteiger partial charge < -0.3 is 15.0 Å². The molecule has 0 unspecified atom stereocenters. The Hall–Kier alpha value is -0.770. The van der Waals surface area contributed by atoms with E-state index in [4.69, 9.17) is 4.74 Å². The Bertz CT molecular complexity index is 248. The number of morpholine rings is 1. The molecule has 0 aromatic carbocycles. The molecule has 4 heteroatoms. The van der Waals surface area contributed by atoms with Gasteiger partial charge in [-0.05, 0) is 11.8 Å². The second-order valence-electron chi connectivity index (χ2n) is 5.88. The molecule has 1 N–H and O–H groups in total. The topological polar surface area (TPSA) is 41.6 Å². The molecule has 0 aromatic rings. The SMILES string of the molecule is CCCCCC(C)(C)CNC(=O)N1CCOCC1. The van der Waals surface area contributed by atoms with E-state index in [1.807, 2.05) is 4.90 Å². The highest BCUT2D eigenvalue weighted by Gasteiger charge is 2.21. The standard InChI is InChI=1S/C14H28N2O2/c1-4-5-6-7-14(2,3)12-15-13(17)16-8-10-18-11-9-16/h4-12H2,1-3H3,(H,15,17). The highest BCUT2D eigenvalue weighted by molar-refractivity contribution is 5.74. The van der Waals surface area contributed by atoms with Crippen LogP contribution >= 0.6 is 0 Å². The van der Waals surface area contributed by atoms with Gasteiger partial charge in [0.05, 0.1) is 13.2 Å². The number of unbranched alkanes of at least 4 members (excludes halogenated alkanes) is 2. The Balaban J connectivity index is 2.23. The molecule has 1 aliphatic rings. The number of rotatable bonds is 6. The number of carbonyl (C=O) groups is 1. The lowest BCUT2D eigenvalue weighted by Gasteiger charge is -2.30. The van der Waals surface area contributed by atoms with Gasteiger partial charge in [0.15, 0.2) is 0 Å². The zero-order chi connectivity index (χ0) is 13.4. The van der Waals surface area contributed by atoms with Gasteiger partial charge in [0, 0.05) is 19.6 Å². The van der Waals surface area contributed by atoms with Crippen LogP contribution in [0, 0.1) is 5.41 Å². The first-order valence-corrected chi connectivity index (χ1v) is 7.16. The molecule has 1 aliphatic heterocycles. The lowest BCUT2D eigenvalue weighted by molar-refractivity contribution is 0.0525. The van der Waals surface area contributed by atoms with E-state index in [1.165, 1.54) is 25.7 Å². The molecule has 0 radical (unpaired) electrons. The van der Waals surface area contributed by atoms with E-state index >= 15 is 0 Å². The molecule has 0 atom stereocenters. The maximum Gasteiger partial charge on any atom is 0.317 e. The molecule has 4 nitrogen and oxygen atoms in total. The van der Waals surface area contributed by atoms with E-state index < -0.39 is 0 Å². The van der Waals surface area contributed by atoms with Crippen molar-refractivity contribution in [1.82, 2.24) is 10.2 Å². The Labute approximate surface area is 111 Å². The van der Waals surface area contributed by atoms with Crippen molar-refractivity contribution in [3.8, 4) is 0 Å². The second-order valence-corrected chi connectivity index (χ2v) is 5.88. The van der Waals surface area contributed by atoms with Crippen molar-refractivity contribution in [2.24, 2.45) is 5.41 Å². The number of nitrogens with zero attached hydrogens (tertiary/aromatic N) is 1. The summed E-state index contributed by atoms with van der Waals surface area (Å²) in [5, 5.41) is 3.05. The quantitative estimate of drug-likeness (QED) is 0.742. The van der Waals surface area contributed by atoms with Crippen molar-refractivity contribution in [1.29, 1.82) is 0 Å². The van der Waals surface area contributed by atoms with Crippen LogP contribution in [-0.4, -0.2) is 43.8 Å². The molecule has 1 saturated heterocycles. The highest BCUT2D eigenvalue weighted by atomic mass is 16.5. The van der Waals surface area contributed by atoms with Crippen molar-refractivity contribution < 1.29 is 9.53 Å². The Morgan fingerprint density at radius 1 is 1.28 bits per heavy atom. The molecular weight excluding hydrogens is 228 g/mol. The van der Waals surface area contributed by atoms with Crippen LogP contribution in [0.3, 0.4) is 0 Å². The summed E-state index contributed by atoms with van der Waals surface area (Å²) < 4.78 is 5.24. The molecule has 1 rings (SSSR count). The summed E-state index contributed by atoms with van der Waals surface area (Å²) in [4.78, 5) is 13.8. The van der Waals surface area contributed by atoms with Crippen LogP contribution in [0.15, 0.2) is 0 Å². The number of amides is 2. The van der Waals surface area contributed by atoms with Gasteiger partial charge in [-0.1, -0.05) is 40.0 Å². The van der Waals surface area contributed by atoms with Gasteiger partial charge in [-0.3, -0.25) is 0 Å². The fourth-order valence-corrected chi connectivity index (χ4v) is 2.14. The third-order valence-electron chi connectivity index (χ3n) is 3.47. The van der Waals surface area contributed by atoms with E-state index in [0.717, 1.165) is 6.54 Å².